The van der Waals surface area contributed by atoms with Gasteiger partial charge in [0.15, 0.2) is 11.9 Å². The number of carbonyl (C=O) groups is 3. The minimum absolute atomic E-state index is 0.0558. The third kappa shape index (κ3) is 6.23. The van der Waals surface area contributed by atoms with Crippen molar-refractivity contribution < 1.29 is 23.9 Å². The molecule has 6 heteroatoms. The molecule has 1 amide bonds. The van der Waals surface area contributed by atoms with Crippen LogP contribution < -0.4 is 10.1 Å². The molecule has 0 unspecified atom stereocenters. The minimum atomic E-state index is -0.986. The fourth-order valence-electron chi connectivity index (χ4n) is 2.29. The number of ether oxygens (including phenoxy) is 2. The molecule has 0 heterocycles. The van der Waals surface area contributed by atoms with Crippen molar-refractivity contribution in [2.45, 2.75) is 33.8 Å². The third-order valence-electron chi connectivity index (χ3n) is 3.87. The summed E-state index contributed by atoms with van der Waals surface area (Å²) >= 11 is 0. The first-order valence-corrected chi connectivity index (χ1v) is 9.12. The van der Waals surface area contributed by atoms with E-state index >= 15 is 0 Å². The van der Waals surface area contributed by atoms with Crippen molar-refractivity contribution >= 4 is 23.3 Å². The molecular formula is C22H25NO5. The molecule has 0 aromatic heterocycles. The van der Waals surface area contributed by atoms with Crippen LogP contribution in [-0.2, 0) is 9.53 Å². The van der Waals surface area contributed by atoms with Crippen molar-refractivity contribution in [3.8, 4) is 5.75 Å². The van der Waals surface area contributed by atoms with Gasteiger partial charge in [-0.25, -0.2) is 4.79 Å². The molecule has 0 aliphatic heterocycles. The molecule has 0 saturated carbocycles. The predicted molar refractivity (Wildman–Crippen MR) is 107 cm³/mol. The Kier molecular flexibility index (Phi) is 7.32. The Morgan fingerprint density at radius 1 is 0.964 bits per heavy atom. The van der Waals surface area contributed by atoms with E-state index in [0.717, 1.165) is 0 Å². The van der Waals surface area contributed by atoms with Crippen LogP contribution in [0.2, 0.25) is 0 Å². The number of ketones is 1. The van der Waals surface area contributed by atoms with Crippen LogP contribution in [0.15, 0.2) is 48.5 Å². The van der Waals surface area contributed by atoms with Gasteiger partial charge in [-0.2, -0.15) is 0 Å². The average molecular weight is 383 g/mol. The van der Waals surface area contributed by atoms with Crippen LogP contribution in [0.4, 0.5) is 5.69 Å². The van der Waals surface area contributed by atoms with Gasteiger partial charge in [0.1, 0.15) is 5.75 Å². The number of esters is 1. The topological polar surface area (TPSA) is 81.7 Å². The first kappa shape index (κ1) is 21.2. The monoisotopic (exact) mass is 383 g/mol. The summed E-state index contributed by atoms with van der Waals surface area (Å²) in [5.41, 5.74) is 1.38. The standard InChI is InChI=1S/C22H25NO5/c1-14(2)13-27-20-7-5-6-18(12-20)22(26)28-16(4)21(25)23-19-10-8-17(9-11-19)15(3)24/h5-12,14,16H,13H2,1-4H3,(H,23,25)/t16-/m0/s1. The maximum absolute atomic E-state index is 12.3. The van der Waals surface area contributed by atoms with E-state index in [1.54, 1.807) is 48.5 Å². The summed E-state index contributed by atoms with van der Waals surface area (Å²) < 4.78 is 10.9. The fraction of sp³-hybridized carbons (Fsp3) is 0.318. The maximum Gasteiger partial charge on any atom is 0.339 e. The van der Waals surface area contributed by atoms with Gasteiger partial charge in [-0.05, 0) is 62.2 Å². The van der Waals surface area contributed by atoms with Crippen LogP contribution in [0.1, 0.15) is 48.4 Å². The summed E-state index contributed by atoms with van der Waals surface area (Å²) in [4.78, 5) is 35.9. The van der Waals surface area contributed by atoms with E-state index < -0.39 is 18.0 Å². The van der Waals surface area contributed by atoms with Gasteiger partial charge in [0, 0.05) is 11.3 Å². The number of hydrogen-bond donors (Lipinski definition) is 1. The van der Waals surface area contributed by atoms with Gasteiger partial charge in [0.05, 0.1) is 12.2 Å². The molecule has 0 aliphatic rings. The van der Waals surface area contributed by atoms with Gasteiger partial charge in [-0.3, -0.25) is 9.59 Å². The van der Waals surface area contributed by atoms with E-state index in [2.05, 4.69) is 5.32 Å². The van der Waals surface area contributed by atoms with Crippen LogP contribution in [0.3, 0.4) is 0 Å². The Labute approximate surface area is 164 Å². The zero-order chi connectivity index (χ0) is 20.7. The number of benzene rings is 2. The van der Waals surface area contributed by atoms with Crippen molar-refractivity contribution in [1.29, 1.82) is 0 Å². The van der Waals surface area contributed by atoms with E-state index in [1.807, 2.05) is 13.8 Å². The van der Waals surface area contributed by atoms with Crippen molar-refractivity contribution in [2.24, 2.45) is 5.92 Å². The van der Waals surface area contributed by atoms with Gasteiger partial charge in [-0.15, -0.1) is 0 Å². The molecule has 0 fully saturated rings. The van der Waals surface area contributed by atoms with Crippen molar-refractivity contribution in [2.75, 3.05) is 11.9 Å². The second-order valence-corrected chi connectivity index (χ2v) is 6.90. The summed E-state index contributed by atoms with van der Waals surface area (Å²) in [7, 11) is 0. The van der Waals surface area contributed by atoms with E-state index in [1.165, 1.54) is 13.8 Å². The molecule has 1 N–H and O–H groups in total. The maximum atomic E-state index is 12.3. The Hall–Kier alpha value is -3.15. The summed E-state index contributed by atoms with van der Waals surface area (Å²) in [5.74, 6) is -0.185. The number of amides is 1. The van der Waals surface area contributed by atoms with Gasteiger partial charge in [0.2, 0.25) is 0 Å². The summed E-state index contributed by atoms with van der Waals surface area (Å²) in [6, 6.07) is 13.2. The number of anilines is 1. The molecule has 28 heavy (non-hydrogen) atoms. The molecule has 2 aromatic rings. The van der Waals surface area contributed by atoms with E-state index in [4.69, 9.17) is 9.47 Å². The lowest BCUT2D eigenvalue weighted by Crippen LogP contribution is -2.30. The first-order valence-electron chi connectivity index (χ1n) is 9.12. The number of carbonyl (C=O) groups excluding carboxylic acids is 3. The highest BCUT2D eigenvalue weighted by molar-refractivity contribution is 5.98. The third-order valence-corrected chi connectivity index (χ3v) is 3.87. The molecular weight excluding hydrogens is 358 g/mol. The fourth-order valence-corrected chi connectivity index (χ4v) is 2.29. The number of nitrogens with one attached hydrogen (secondary N) is 1. The zero-order valence-corrected chi connectivity index (χ0v) is 16.5. The normalized spacial score (nSPS) is 11.6. The quantitative estimate of drug-likeness (QED) is 0.548. The van der Waals surface area contributed by atoms with Crippen LogP contribution in [-0.4, -0.2) is 30.4 Å². The molecule has 6 nitrogen and oxygen atoms in total. The Bertz CT molecular complexity index is 842. The summed E-state index contributed by atoms with van der Waals surface area (Å²) in [6.07, 6.45) is -0.986. The molecule has 148 valence electrons. The lowest BCUT2D eigenvalue weighted by atomic mass is 10.1. The highest BCUT2D eigenvalue weighted by Crippen LogP contribution is 2.16. The van der Waals surface area contributed by atoms with E-state index in [0.29, 0.717) is 35.1 Å². The molecule has 0 bridgehead atoms. The van der Waals surface area contributed by atoms with Crippen LogP contribution in [0.5, 0.6) is 5.75 Å². The zero-order valence-electron chi connectivity index (χ0n) is 16.5. The highest BCUT2D eigenvalue weighted by Gasteiger charge is 2.19. The smallest absolute Gasteiger partial charge is 0.339 e. The molecule has 0 aliphatic carbocycles. The van der Waals surface area contributed by atoms with Gasteiger partial charge < -0.3 is 14.8 Å². The van der Waals surface area contributed by atoms with Gasteiger partial charge in [-0.1, -0.05) is 19.9 Å². The summed E-state index contributed by atoms with van der Waals surface area (Å²) in [5, 5.41) is 2.66. The molecule has 0 spiro atoms. The molecule has 0 radical (unpaired) electrons. The van der Waals surface area contributed by atoms with E-state index in [9.17, 15) is 14.4 Å². The molecule has 1 atom stereocenters. The lowest BCUT2D eigenvalue weighted by Gasteiger charge is -2.14. The SMILES string of the molecule is CC(=O)c1ccc(NC(=O)[C@H](C)OC(=O)c2cccc(OCC(C)C)c2)cc1. The Morgan fingerprint density at radius 2 is 1.64 bits per heavy atom. The van der Waals surface area contributed by atoms with Crippen LogP contribution in [0.25, 0.3) is 0 Å². The van der Waals surface area contributed by atoms with Crippen molar-refractivity contribution in [3.63, 3.8) is 0 Å². The van der Waals surface area contributed by atoms with Gasteiger partial charge >= 0.3 is 5.97 Å². The number of hydrogen-bond acceptors (Lipinski definition) is 5. The van der Waals surface area contributed by atoms with Gasteiger partial charge in [0.25, 0.3) is 5.91 Å². The molecule has 2 rings (SSSR count). The Balaban J connectivity index is 1.94. The second kappa shape index (κ2) is 9.69. The lowest BCUT2D eigenvalue weighted by molar-refractivity contribution is -0.123. The van der Waals surface area contributed by atoms with Crippen molar-refractivity contribution in [3.05, 3.63) is 59.7 Å². The van der Waals surface area contributed by atoms with Crippen LogP contribution in [0, 0.1) is 5.92 Å². The highest BCUT2D eigenvalue weighted by atomic mass is 16.5. The number of Topliss-reactive ketones (excluding diaryl/α,β-unsaturated/α-hetero) is 1. The minimum Gasteiger partial charge on any atom is -0.493 e. The van der Waals surface area contributed by atoms with E-state index in [-0.39, 0.29) is 5.78 Å². The Morgan fingerprint density at radius 3 is 2.25 bits per heavy atom. The largest absolute Gasteiger partial charge is 0.493 e. The molecule has 2 aromatic carbocycles. The predicted octanol–water partition coefficient (Wildman–Crippen LogP) is 4.11. The molecule has 0 saturated heterocycles. The van der Waals surface area contributed by atoms with Crippen molar-refractivity contribution in [1.82, 2.24) is 0 Å². The first-order chi connectivity index (χ1) is 13.3. The second-order valence-electron chi connectivity index (χ2n) is 6.90. The number of rotatable bonds is 8. The van der Waals surface area contributed by atoms with Crippen LogP contribution >= 0.6 is 0 Å². The summed E-state index contributed by atoms with van der Waals surface area (Å²) in [6.45, 7) is 7.58. The average Bonchev–Trinajstić information content (AvgIpc) is 2.66.